The molecule has 0 aliphatic carbocycles. The number of amides is 2. The maximum atomic E-state index is 13.2. The van der Waals surface area contributed by atoms with E-state index in [2.05, 4.69) is 20.3 Å². The number of hydrogen-bond acceptors (Lipinski definition) is 8. The molecule has 1 unspecified atom stereocenters. The van der Waals surface area contributed by atoms with Gasteiger partial charge in [0.25, 0.3) is 5.91 Å². The molecule has 1 atom stereocenters. The molecule has 10 heteroatoms. The first-order valence-electron chi connectivity index (χ1n) is 10.0. The summed E-state index contributed by atoms with van der Waals surface area (Å²) in [6.45, 7) is 1.75. The molecule has 30 heavy (non-hydrogen) atoms. The third-order valence-electron chi connectivity index (χ3n) is 5.57. The second-order valence-electron chi connectivity index (χ2n) is 7.40. The molecule has 2 aliphatic heterocycles. The van der Waals surface area contributed by atoms with E-state index in [1.165, 1.54) is 17.3 Å². The number of carbonyl (C=O) groups is 2. The second-order valence-corrected chi connectivity index (χ2v) is 7.40. The molecule has 2 aromatic heterocycles. The van der Waals surface area contributed by atoms with Crippen LogP contribution in [0.4, 0.5) is 11.8 Å². The number of nitrogens with zero attached hydrogens (tertiary/aromatic N) is 5. The van der Waals surface area contributed by atoms with Gasteiger partial charge in [0.05, 0.1) is 12.6 Å². The molecule has 0 aromatic carbocycles. The number of hydrogen-bond donors (Lipinski definition) is 2. The van der Waals surface area contributed by atoms with Gasteiger partial charge in [-0.1, -0.05) is 6.07 Å². The molecule has 2 amide bonds. The maximum absolute atomic E-state index is 13.2. The Labute approximate surface area is 174 Å². The highest BCUT2D eigenvalue weighted by Crippen LogP contribution is 2.33. The quantitative estimate of drug-likeness (QED) is 0.750. The van der Waals surface area contributed by atoms with E-state index in [-0.39, 0.29) is 23.6 Å². The molecule has 0 bridgehead atoms. The summed E-state index contributed by atoms with van der Waals surface area (Å²) in [4.78, 5) is 45.0. The summed E-state index contributed by atoms with van der Waals surface area (Å²) in [5.74, 6) is 0.527. The highest BCUT2D eigenvalue weighted by molar-refractivity contribution is 5.90. The predicted molar refractivity (Wildman–Crippen MR) is 109 cm³/mol. The molecule has 4 heterocycles. The van der Waals surface area contributed by atoms with Crippen LogP contribution < -0.4 is 16.0 Å². The Morgan fingerprint density at radius 2 is 1.97 bits per heavy atom. The summed E-state index contributed by atoms with van der Waals surface area (Å²) in [7, 11) is 1.82. The van der Waals surface area contributed by atoms with Gasteiger partial charge < -0.3 is 16.0 Å². The van der Waals surface area contributed by atoms with Gasteiger partial charge in [0.1, 0.15) is 11.5 Å². The Hall–Kier alpha value is -3.27. The number of piperidine rings is 1. The highest BCUT2D eigenvalue weighted by atomic mass is 16.7. The molecule has 2 saturated heterocycles. The molecule has 0 spiro atoms. The largest absolute Gasteiger partial charge is 0.373 e. The summed E-state index contributed by atoms with van der Waals surface area (Å²) in [6, 6.07) is 5.24. The molecular weight excluding hydrogens is 386 g/mol. The average Bonchev–Trinajstić information content (AvgIpc) is 3.29. The van der Waals surface area contributed by atoms with Crippen LogP contribution in [-0.4, -0.2) is 58.6 Å². The maximum Gasteiger partial charge on any atom is 0.267 e. The minimum Gasteiger partial charge on any atom is -0.373 e. The third kappa shape index (κ3) is 4.04. The van der Waals surface area contributed by atoms with E-state index < -0.39 is 5.91 Å². The van der Waals surface area contributed by atoms with Gasteiger partial charge in [-0.05, 0) is 30.5 Å². The predicted octanol–water partition coefficient (Wildman–Crippen LogP) is 1.13. The average molecular weight is 411 g/mol. The molecule has 4 rings (SSSR count). The number of nitrogens with two attached hydrogens (primary N) is 1. The van der Waals surface area contributed by atoms with Crippen LogP contribution in [-0.2, 0) is 9.63 Å². The monoisotopic (exact) mass is 411 g/mol. The first-order chi connectivity index (χ1) is 14.6. The second kappa shape index (κ2) is 8.62. The van der Waals surface area contributed by atoms with Crippen LogP contribution in [0.25, 0.3) is 0 Å². The molecular formula is C20H25N7O3. The van der Waals surface area contributed by atoms with Crippen LogP contribution in [0.1, 0.15) is 41.4 Å². The van der Waals surface area contributed by atoms with Crippen molar-refractivity contribution in [2.24, 2.45) is 11.7 Å². The van der Waals surface area contributed by atoms with E-state index in [0.717, 1.165) is 17.8 Å². The number of aromatic nitrogens is 3. The summed E-state index contributed by atoms with van der Waals surface area (Å²) < 4.78 is 0. The molecule has 2 fully saturated rings. The minimum atomic E-state index is -0.585. The van der Waals surface area contributed by atoms with Crippen LogP contribution in [0, 0.1) is 5.92 Å². The number of anilines is 2. The van der Waals surface area contributed by atoms with E-state index in [9.17, 15) is 9.59 Å². The van der Waals surface area contributed by atoms with Gasteiger partial charge in [-0.3, -0.25) is 14.4 Å². The lowest BCUT2D eigenvalue weighted by atomic mass is 9.95. The molecule has 0 radical (unpaired) electrons. The first kappa shape index (κ1) is 20.0. The number of rotatable bonds is 5. The van der Waals surface area contributed by atoms with Crippen LogP contribution in [0.15, 0.2) is 30.6 Å². The number of hydroxylamine groups is 2. The number of primary amides is 1. The van der Waals surface area contributed by atoms with Gasteiger partial charge in [0.2, 0.25) is 11.9 Å². The lowest BCUT2D eigenvalue weighted by Crippen LogP contribution is -2.42. The van der Waals surface area contributed by atoms with Crippen LogP contribution in [0.3, 0.4) is 0 Å². The van der Waals surface area contributed by atoms with Crippen molar-refractivity contribution in [1.82, 2.24) is 20.0 Å². The van der Waals surface area contributed by atoms with E-state index in [1.807, 2.05) is 24.1 Å². The van der Waals surface area contributed by atoms with Crippen LogP contribution >= 0.6 is 0 Å². The van der Waals surface area contributed by atoms with E-state index in [0.29, 0.717) is 38.5 Å². The Balaban J connectivity index is 1.40. The fourth-order valence-corrected chi connectivity index (χ4v) is 3.88. The van der Waals surface area contributed by atoms with Crippen molar-refractivity contribution in [1.29, 1.82) is 0 Å². The molecule has 0 saturated carbocycles. The third-order valence-corrected chi connectivity index (χ3v) is 5.57. The number of carbonyl (C=O) groups excluding carboxylic acids is 2. The molecule has 2 aliphatic rings. The first-order valence-corrected chi connectivity index (χ1v) is 10.0. The topological polar surface area (TPSA) is 127 Å². The van der Waals surface area contributed by atoms with Crippen molar-refractivity contribution in [3.63, 3.8) is 0 Å². The summed E-state index contributed by atoms with van der Waals surface area (Å²) in [5, 5.41) is 4.52. The SMILES string of the molecule is CNc1ccc(C2CCON2C(=O)C2CCN(c3nccc(C(N)=O)n3)CC2)cn1. The lowest BCUT2D eigenvalue weighted by molar-refractivity contribution is -0.182. The normalized spacial score (nSPS) is 19.7. The number of nitrogens with one attached hydrogen (secondary N) is 1. The molecule has 158 valence electrons. The fraction of sp³-hybridized carbons (Fsp3) is 0.450. The zero-order valence-electron chi connectivity index (χ0n) is 16.8. The van der Waals surface area contributed by atoms with Crippen molar-refractivity contribution < 1.29 is 14.4 Å². The summed E-state index contributed by atoms with van der Waals surface area (Å²) in [5.41, 5.74) is 6.45. The van der Waals surface area contributed by atoms with Crippen molar-refractivity contribution >= 4 is 23.6 Å². The zero-order chi connectivity index (χ0) is 21.1. The minimum absolute atomic E-state index is 0.00153. The van der Waals surface area contributed by atoms with Crippen molar-refractivity contribution in [3.05, 3.63) is 41.9 Å². The summed E-state index contributed by atoms with van der Waals surface area (Å²) >= 11 is 0. The Bertz CT molecular complexity index is 913. The Kier molecular flexibility index (Phi) is 5.75. The standard InChI is InChI=1S/C20H25N7O3/c1-22-17-3-2-14(12-24-17)16-7-11-30-27(16)19(29)13-5-9-26(10-6-13)20-23-8-4-15(25-20)18(21)28/h2-4,8,12-13,16H,5-7,9-11H2,1H3,(H2,21,28)(H,22,24). The van der Waals surface area contributed by atoms with Crippen LogP contribution in [0.2, 0.25) is 0 Å². The molecule has 10 nitrogen and oxygen atoms in total. The lowest BCUT2D eigenvalue weighted by Gasteiger charge is -2.34. The van der Waals surface area contributed by atoms with E-state index in [4.69, 9.17) is 10.6 Å². The number of pyridine rings is 1. The molecule has 2 aromatic rings. The van der Waals surface area contributed by atoms with E-state index >= 15 is 0 Å². The van der Waals surface area contributed by atoms with Gasteiger partial charge in [0.15, 0.2) is 0 Å². The van der Waals surface area contributed by atoms with Crippen LogP contribution in [0.5, 0.6) is 0 Å². The zero-order valence-corrected chi connectivity index (χ0v) is 16.8. The Morgan fingerprint density at radius 3 is 2.63 bits per heavy atom. The van der Waals surface area contributed by atoms with Gasteiger partial charge in [-0.15, -0.1) is 0 Å². The van der Waals surface area contributed by atoms with Gasteiger partial charge in [0, 0.05) is 44.9 Å². The molecule has 3 N–H and O–H groups in total. The summed E-state index contributed by atoms with van der Waals surface area (Å²) in [6.07, 6.45) is 5.38. The van der Waals surface area contributed by atoms with Gasteiger partial charge in [-0.2, -0.15) is 0 Å². The fourth-order valence-electron chi connectivity index (χ4n) is 3.88. The smallest absolute Gasteiger partial charge is 0.267 e. The van der Waals surface area contributed by atoms with Crippen molar-refractivity contribution in [3.8, 4) is 0 Å². The van der Waals surface area contributed by atoms with Gasteiger partial charge in [-0.25, -0.2) is 20.0 Å². The van der Waals surface area contributed by atoms with Crippen molar-refractivity contribution in [2.45, 2.75) is 25.3 Å². The Morgan fingerprint density at radius 1 is 1.17 bits per heavy atom. The van der Waals surface area contributed by atoms with Crippen molar-refractivity contribution in [2.75, 3.05) is 37.0 Å². The highest BCUT2D eigenvalue weighted by Gasteiger charge is 2.37. The van der Waals surface area contributed by atoms with E-state index in [1.54, 1.807) is 6.20 Å². The van der Waals surface area contributed by atoms with Gasteiger partial charge >= 0.3 is 0 Å².